The van der Waals surface area contributed by atoms with E-state index in [1.54, 1.807) is 13.2 Å². The maximum Gasteiger partial charge on any atom is 0.147 e. The molecule has 178 valence electrons. The molecule has 0 radical (unpaired) electrons. The third-order valence-electron chi connectivity index (χ3n) is 7.43. The molecule has 6 rings (SSSR count). The molecule has 3 aromatic carbocycles. The summed E-state index contributed by atoms with van der Waals surface area (Å²) in [6.45, 7) is 3.56. The Morgan fingerprint density at radius 3 is 2.17 bits per heavy atom. The molecule has 4 nitrogen and oxygen atoms in total. The Labute approximate surface area is 206 Å². The van der Waals surface area contributed by atoms with E-state index in [-0.39, 0.29) is 11.4 Å². The minimum absolute atomic E-state index is 0.219. The van der Waals surface area contributed by atoms with Crippen LogP contribution in [0.15, 0.2) is 72.8 Å². The van der Waals surface area contributed by atoms with Crippen LogP contribution in [0, 0.1) is 5.82 Å². The van der Waals surface area contributed by atoms with Gasteiger partial charge < -0.3 is 9.64 Å². The summed E-state index contributed by atoms with van der Waals surface area (Å²) in [5, 5.41) is 5.18. The first-order chi connectivity index (χ1) is 17.2. The molecule has 0 bridgehead atoms. The smallest absolute Gasteiger partial charge is 0.147 e. The summed E-state index contributed by atoms with van der Waals surface area (Å²) in [6, 6.07) is 24.1. The predicted molar refractivity (Wildman–Crippen MR) is 137 cm³/mol. The third-order valence-corrected chi connectivity index (χ3v) is 7.43. The van der Waals surface area contributed by atoms with Crippen molar-refractivity contribution in [2.24, 2.45) is 0 Å². The van der Waals surface area contributed by atoms with Gasteiger partial charge in [0.15, 0.2) is 0 Å². The van der Waals surface area contributed by atoms with E-state index in [9.17, 15) is 0 Å². The van der Waals surface area contributed by atoms with E-state index >= 15 is 4.39 Å². The zero-order valence-electron chi connectivity index (χ0n) is 20.3. The number of hydrogen-bond acceptors (Lipinski definition) is 3. The van der Waals surface area contributed by atoms with E-state index in [1.807, 2.05) is 24.3 Å². The maximum atomic E-state index is 15.7. The highest BCUT2D eigenvalue weighted by Gasteiger charge is 2.57. The van der Waals surface area contributed by atoms with Gasteiger partial charge in [0.1, 0.15) is 17.3 Å². The summed E-state index contributed by atoms with van der Waals surface area (Å²) in [5.74, 6) is 0.451. The molecule has 0 atom stereocenters. The van der Waals surface area contributed by atoms with Gasteiger partial charge in [-0.1, -0.05) is 74.0 Å². The molecule has 1 fully saturated rings. The van der Waals surface area contributed by atoms with Gasteiger partial charge in [0, 0.05) is 17.8 Å². The van der Waals surface area contributed by atoms with Crippen molar-refractivity contribution >= 4 is 5.69 Å². The SMILES string of the molecule is CCCc1c2c(nn1Cc1ccccc1)-c1c(OC)ccc(F)c1N(Cc1ccccc1)C21CC1. The number of nitrogens with zero attached hydrogens (tertiary/aromatic N) is 3. The molecule has 0 amide bonds. The number of hydrogen-bond donors (Lipinski definition) is 0. The summed E-state index contributed by atoms with van der Waals surface area (Å²) < 4.78 is 23.6. The van der Waals surface area contributed by atoms with Gasteiger partial charge in [0.05, 0.1) is 30.4 Å². The van der Waals surface area contributed by atoms with Crippen molar-refractivity contribution in [3.8, 4) is 17.0 Å². The van der Waals surface area contributed by atoms with Crippen molar-refractivity contribution in [1.82, 2.24) is 9.78 Å². The van der Waals surface area contributed by atoms with E-state index in [0.717, 1.165) is 36.9 Å². The molecule has 1 aliphatic heterocycles. The van der Waals surface area contributed by atoms with Crippen molar-refractivity contribution in [3.05, 3.63) is 101 Å². The molecule has 1 aromatic heterocycles. The van der Waals surface area contributed by atoms with Gasteiger partial charge >= 0.3 is 0 Å². The van der Waals surface area contributed by atoms with Crippen LogP contribution in [0.3, 0.4) is 0 Å². The number of halogens is 1. The molecular weight excluding hydrogens is 437 g/mol. The largest absolute Gasteiger partial charge is 0.496 e. The van der Waals surface area contributed by atoms with Crippen LogP contribution in [-0.4, -0.2) is 16.9 Å². The highest BCUT2D eigenvalue weighted by atomic mass is 19.1. The Balaban J connectivity index is 1.59. The van der Waals surface area contributed by atoms with Crippen molar-refractivity contribution in [2.45, 2.75) is 51.2 Å². The van der Waals surface area contributed by atoms with Gasteiger partial charge in [0.2, 0.25) is 0 Å². The van der Waals surface area contributed by atoms with Gasteiger partial charge in [-0.15, -0.1) is 0 Å². The van der Waals surface area contributed by atoms with Crippen molar-refractivity contribution in [3.63, 3.8) is 0 Å². The Morgan fingerprint density at radius 2 is 1.57 bits per heavy atom. The van der Waals surface area contributed by atoms with Gasteiger partial charge in [-0.05, 0) is 42.5 Å². The Kier molecular flexibility index (Phi) is 5.36. The van der Waals surface area contributed by atoms with Crippen LogP contribution < -0.4 is 9.64 Å². The third kappa shape index (κ3) is 3.53. The average molecular weight is 468 g/mol. The number of fused-ring (bicyclic) bond motifs is 4. The minimum atomic E-state index is -0.231. The molecule has 1 spiro atoms. The molecular formula is C30H30FN3O. The summed E-state index contributed by atoms with van der Waals surface area (Å²) in [4.78, 5) is 2.30. The van der Waals surface area contributed by atoms with Crippen molar-refractivity contribution < 1.29 is 9.13 Å². The summed E-state index contributed by atoms with van der Waals surface area (Å²) in [7, 11) is 1.66. The lowest BCUT2D eigenvalue weighted by Crippen LogP contribution is -2.39. The molecule has 4 aromatic rings. The minimum Gasteiger partial charge on any atom is -0.496 e. The van der Waals surface area contributed by atoms with Crippen molar-refractivity contribution in [2.75, 3.05) is 12.0 Å². The second kappa shape index (κ2) is 8.56. The normalized spacial score (nSPS) is 15.1. The van der Waals surface area contributed by atoms with Crippen molar-refractivity contribution in [1.29, 1.82) is 0 Å². The Hall–Kier alpha value is -3.60. The number of ether oxygens (including phenoxy) is 1. The van der Waals surface area contributed by atoms with Gasteiger partial charge in [-0.3, -0.25) is 4.68 Å². The fourth-order valence-electron chi connectivity index (χ4n) is 5.73. The zero-order chi connectivity index (χ0) is 24.0. The highest BCUT2D eigenvalue weighted by molar-refractivity contribution is 5.90. The van der Waals surface area contributed by atoms with E-state index in [4.69, 9.17) is 9.84 Å². The fraction of sp³-hybridized carbons (Fsp3) is 0.300. The predicted octanol–water partition coefficient (Wildman–Crippen LogP) is 6.71. The first kappa shape index (κ1) is 21.9. The van der Waals surface area contributed by atoms with Gasteiger partial charge in [-0.25, -0.2) is 4.39 Å². The van der Waals surface area contributed by atoms with Crippen LogP contribution in [0.2, 0.25) is 0 Å². The molecule has 0 N–H and O–H groups in total. The topological polar surface area (TPSA) is 30.3 Å². The molecule has 0 saturated heterocycles. The monoisotopic (exact) mass is 467 g/mol. The quantitative estimate of drug-likeness (QED) is 0.303. The number of rotatable bonds is 7. The Morgan fingerprint density at radius 1 is 0.914 bits per heavy atom. The molecule has 1 saturated carbocycles. The fourth-order valence-corrected chi connectivity index (χ4v) is 5.73. The van der Waals surface area contributed by atoms with E-state index in [0.29, 0.717) is 24.5 Å². The van der Waals surface area contributed by atoms with Crippen LogP contribution >= 0.6 is 0 Å². The van der Waals surface area contributed by atoms with Gasteiger partial charge in [-0.2, -0.15) is 5.10 Å². The Bertz CT molecular complexity index is 1360. The molecule has 1 aliphatic carbocycles. The van der Waals surface area contributed by atoms with Crippen LogP contribution in [0.4, 0.5) is 10.1 Å². The summed E-state index contributed by atoms with van der Waals surface area (Å²) in [6.07, 6.45) is 3.95. The standard InChI is InChI=1S/C30H30FN3O/c1-3-10-24-27-28(32-34(24)20-22-13-8-5-9-14-22)26-25(35-2)16-15-23(31)29(26)33(30(27)17-18-30)19-21-11-6-4-7-12-21/h4-9,11-16H,3,10,17-20H2,1-2H3. The molecule has 35 heavy (non-hydrogen) atoms. The van der Waals surface area contributed by atoms with E-state index < -0.39 is 0 Å². The number of anilines is 1. The first-order valence-corrected chi connectivity index (χ1v) is 12.5. The highest BCUT2D eigenvalue weighted by Crippen LogP contribution is 2.63. The summed E-state index contributed by atoms with van der Waals surface area (Å²) >= 11 is 0. The van der Waals surface area contributed by atoms with Gasteiger partial charge in [0.25, 0.3) is 0 Å². The second-order valence-corrected chi connectivity index (χ2v) is 9.64. The lowest BCUT2D eigenvalue weighted by molar-refractivity contribution is 0.414. The number of benzene rings is 3. The van der Waals surface area contributed by atoms with Crippen LogP contribution in [0.25, 0.3) is 11.3 Å². The first-order valence-electron chi connectivity index (χ1n) is 12.5. The molecule has 0 unspecified atom stereocenters. The molecule has 2 aliphatic rings. The lowest BCUT2D eigenvalue weighted by Gasteiger charge is -2.40. The zero-order valence-corrected chi connectivity index (χ0v) is 20.3. The molecule has 2 heterocycles. The average Bonchev–Trinajstić information content (AvgIpc) is 3.59. The lowest BCUT2D eigenvalue weighted by atomic mass is 9.87. The van der Waals surface area contributed by atoms with Crippen LogP contribution in [-0.2, 0) is 25.0 Å². The summed E-state index contributed by atoms with van der Waals surface area (Å²) in [5.41, 5.74) is 6.96. The van der Waals surface area contributed by atoms with E-state index in [2.05, 4.69) is 52.9 Å². The number of methoxy groups -OCH3 is 1. The maximum absolute atomic E-state index is 15.7. The van der Waals surface area contributed by atoms with Crippen LogP contribution in [0.1, 0.15) is 48.6 Å². The van der Waals surface area contributed by atoms with E-state index in [1.165, 1.54) is 28.5 Å². The number of aromatic nitrogens is 2. The van der Waals surface area contributed by atoms with Crippen LogP contribution in [0.5, 0.6) is 5.75 Å². The second-order valence-electron chi connectivity index (χ2n) is 9.64. The molecule has 5 heteroatoms.